The van der Waals surface area contributed by atoms with Gasteiger partial charge in [0.2, 0.25) is 0 Å². The summed E-state index contributed by atoms with van der Waals surface area (Å²) in [6, 6.07) is 0. The van der Waals surface area contributed by atoms with Crippen LogP contribution in [0.3, 0.4) is 0 Å². The van der Waals surface area contributed by atoms with Crippen molar-refractivity contribution in [1.82, 2.24) is 0 Å². The molecule has 0 amide bonds. The molecule has 0 rings (SSSR count). The molecule has 0 aliphatic rings. The Morgan fingerprint density at radius 1 is 0.261 bits per heavy atom. The molecule has 0 heterocycles. The number of hydrogen-bond donors (Lipinski definition) is 0. The average Bonchev–Trinajstić information content (AvgIpc) is 2.45. The van der Waals surface area contributed by atoms with Crippen molar-refractivity contribution >= 4 is 0 Å². The van der Waals surface area contributed by atoms with Crippen molar-refractivity contribution in [2.45, 2.75) is 0 Å². The smallest absolute Gasteiger partial charge is 0.870 e. The van der Waals surface area contributed by atoms with Crippen LogP contribution >= 0.6 is 0 Å². The Hall–Kier alpha value is -5.18. The fraction of sp³-hybridized carbons (Fsp3) is 1.00. The van der Waals surface area contributed by atoms with Gasteiger partial charge < -0.3 is 142 Å². The Labute approximate surface area is 281 Å². The van der Waals surface area contributed by atoms with E-state index in [1.165, 1.54) is 0 Å². The second-order valence-electron chi connectivity index (χ2n) is 7.16. The first kappa shape index (κ1) is 90.0. The van der Waals surface area contributed by atoms with Gasteiger partial charge in [-0.05, 0) is 0 Å². The Kier molecular flexibility index (Phi) is 124. The zero-order valence-electron chi connectivity index (χ0n) is 23.8. The van der Waals surface area contributed by atoms with Crippen LogP contribution in [0, 0.1) is 123 Å². The molecule has 2 N–H and O–H groups in total. The predicted molar refractivity (Wildman–Crippen MR) is 135 cm³/mol. The van der Waals surface area contributed by atoms with Crippen molar-refractivity contribution in [3.8, 4) is 0 Å². The molecule has 0 aliphatic heterocycles. The van der Waals surface area contributed by atoms with Crippen LogP contribution in [0.25, 0.3) is 0 Å². The summed E-state index contributed by atoms with van der Waals surface area (Å²) < 4.78 is 2.00. The summed E-state index contributed by atoms with van der Waals surface area (Å²) in [4.78, 5) is 66.0. The molecule has 284 valence electrons. The molecule has 0 saturated heterocycles. The molecular weight excluding hydrogens is 1040 g/mol. The van der Waals surface area contributed by atoms with Crippen molar-refractivity contribution in [2.75, 3.05) is 56.4 Å². The number of nitrogens with zero attached hydrogens (tertiary/aromatic N) is 10. The maximum atomic E-state index is 8.25. The van der Waals surface area contributed by atoms with Crippen LogP contribution in [-0.2, 0) is 42.1 Å². The Balaban J connectivity index is -0.0000000204. The van der Waals surface area contributed by atoms with Crippen LogP contribution in [0.15, 0.2) is 0 Å². The summed E-state index contributed by atoms with van der Waals surface area (Å²) in [5.74, 6) is 0. The van der Waals surface area contributed by atoms with Crippen LogP contribution in [0.2, 0.25) is 0 Å². The summed E-state index contributed by atoms with van der Waals surface area (Å²) in [7, 11) is 17.0. The summed E-state index contributed by atoms with van der Waals surface area (Å²) in [5, 5.41) is 118. The number of quaternary nitrogens is 2. The van der Waals surface area contributed by atoms with Gasteiger partial charge in [0.1, 0.15) is 0 Å². The standard InChI is InChI=1S/2C4H12N.8NO3.2H2O.2Pt/c2*1-5(2,3)4;8*2-1(3)4;;;;/h2*1-4H3;;;;;;;;;2*1H2;;/q2*+1;8*-1;;;2*+4/p-2. The van der Waals surface area contributed by atoms with E-state index in [0.29, 0.717) is 0 Å². The molecule has 0 fully saturated rings. The molecule has 0 aromatic heterocycles. The molecule has 0 aromatic rings. The van der Waals surface area contributed by atoms with Crippen LogP contribution in [0.1, 0.15) is 0 Å². The summed E-state index contributed by atoms with van der Waals surface area (Å²) >= 11 is 0. The second-order valence-corrected chi connectivity index (χ2v) is 7.16. The molecule has 0 radical (unpaired) electrons. The number of rotatable bonds is 0. The molecule has 0 aliphatic carbocycles. The molecule has 0 unspecified atom stereocenters. The van der Waals surface area contributed by atoms with E-state index in [2.05, 4.69) is 56.4 Å². The Morgan fingerprint density at radius 2 is 0.261 bits per heavy atom. The van der Waals surface area contributed by atoms with Crippen molar-refractivity contribution < 1.29 is 103 Å². The van der Waals surface area contributed by atoms with Crippen molar-refractivity contribution in [1.29, 1.82) is 0 Å². The third-order valence-corrected chi connectivity index (χ3v) is 0. The van der Waals surface area contributed by atoms with E-state index < -0.39 is 40.7 Å². The second kappa shape index (κ2) is 63.2. The molecule has 0 spiro atoms. The topological polar surface area (TPSA) is 590 Å². The summed E-state index contributed by atoms with van der Waals surface area (Å²) in [6.07, 6.45) is 0. The van der Waals surface area contributed by atoms with E-state index in [4.69, 9.17) is 123 Å². The Morgan fingerprint density at radius 3 is 0.261 bits per heavy atom. The van der Waals surface area contributed by atoms with Gasteiger partial charge in [-0.1, -0.05) is 0 Å². The third-order valence-electron chi connectivity index (χ3n) is 0. The molecule has 0 aromatic carbocycles. The molecule has 0 atom stereocenters. The van der Waals surface area contributed by atoms with E-state index in [9.17, 15) is 0 Å². The van der Waals surface area contributed by atoms with Gasteiger partial charge in [-0.15, -0.1) is 0 Å². The van der Waals surface area contributed by atoms with Crippen molar-refractivity contribution in [3.05, 3.63) is 123 Å². The van der Waals surface area contributed by atoms with E-state index in [-0.39, 0.29) is 53.1 Å². The van der Waals surface area contributed by atoms with E-state index in [1.54, 1.807) is 0 Å². The van der Waals surface area contributed by atoms with E-state index in [1.807, 2.05) is 0 Å². The number of hydrogen-bond acceptors (Lipinski definition) is 26. The van der Waals surface area contributed by atoms with Crippen LogP contribution in [0.4, 0.5) is 0 Å². The minimum absolute atomic E-state index is 0. The zero-order chi connectivity index (χ0) is 37.6. The largest absolute Gasteiger partial charge is 4.00 e. The molecule has 38 heteroatoms. The van der Waals surface area contributed by atoms with Gasteiger partial charge in [0.25, 0.3) is 0 Å². The average molecular weight is 1070 g/mol. The van der Waals surface area contributed by atoms with Gasteiger partial charge >= 0.3 is 42.1 Å². The minimum atomic E-state index is -1.75. The predicted octanol–water partition coefficient (Wildman–Crippen LogP) is -1.63. The first-order valence-electron chi connectivity index (χ1n) is 7.96. The first-order valence-corrected chi connectivity index (χ1v) is 7.96. The van der Waals surface area contributed by atoms with Gasteiger partial charge in [-0.3, -0.25) is 0 Å². The summed E-state index contributed by atoms with van der Waals surface area (Å²) in [6.45, 7) is 0. The zero-order valence-corrected chi connectivity index (χ0v) is 28.3. The third kappa shape index (κ3) is 2070. The fourth-order valence-corrected chi connectivity index (χ4v) is 0. The van der Waals surface area contributed by atoms with E-state index in [0.717, 1.165) is 8.97 Å². The SMILES string of the molecule is C[N+](C)(C)C.C[N+](C)(C)C.O=[N+]([O-])[O-].O=[N+]([O-])[O-].O=[N+]([O-])[O-].O=[N+]([O-])[O-].O=[N+]([O-])[O-].O=[N+]([O-])[O-].O=[N+]([O-])[O-].O=[N+]([O-])[O-].[OH-].[OH-].[Pt+4].[Pt+4]. The molecule has 0 bridgehead atoms. The molecule has 36 nitrogen and oxygen atoms in total. The molecule has 0 saturated carbocycles. The fourth-order valence-electron chi connectivity index (χ4n) is 0. The first-order chi connectivity index (χ1) is 17.9. The van der Waals surface area contributed by atoms with Gasteiger partial charge in [0.15, 0.2) is 0 Å². The van der Waals surface area contributed by atoms with Crippen LogP contribution in [0.5, 0.6) is 0 Å². The van der Waals surface area contributed by atoms with Gasteiger partial charge in [-0.2, -0.15) is 0 Å². The van der Waals surface area contributed by atoms with Crippen LogP contribution < -0.4 is 0 Å². The maximum Gasteiger partial charge on any atom is 4.00 e. The quantitative estimate of drug-likeness (QED) is 0.149. The molecule has 46 heavy (non-hydrogen) atoms. The van der Waals surface area contributed by atoms with E-state index >= 15 is 0 Å². The maximum absolute atomic E-state index is 8.25. The van der Waals surface area contributed by atoms with Gasteiger partial charge in [0.05, 0.1) is 97.1 Å². The van der Waals surface area contributed by atoms with Crippen LogP contribution in [-0.4, -0.2) is 117 Å². The van der Waals surface area contributed by atoms with Gasteiger partial charge in [-0.25, -0.2) is 0 Å². The monoisotopic (exact) mass is 1070 g/mol. The molecular formula is C8H26N10O26Pt2. The minimum Gasteiger partial charge on any atom is -0.870 e. The Bertz CT molecular complexity index is 530. The summed E-state index contributed by atoms with van der Waals surface area (Å²) in [5.41, 5.74) is 0. The van der Waals surface area contributed by atoms with Crippen molar-refractivity contribution in [2.24, 2.45) is 0 Å². The van der Waals surface area contributed by atoms with Crippen molar-refractivity contribution in [3.63, 3.8) is 0 Å². The normalized spacial score (nSPS) is 6.78. The van der Waals surface area contributed by atoms with Gasteiger partial charge in [0, 0.05) is 0 Å².